The van der Waals surface area contributed by atoms with E-state index in [0.29, 0.717) is 11.9 Å². The van der Waals surface area contributed by atoms with E-state index in [1.165, 1.54) is 18.4 Å². The van der Waals surface area contributed by atoms with Crippen LogP contribution in [0.3, 0.4) is 0 Å². The first-order valence-corrected chi connectivity index (χ1v) is 7.01. The monoisotopic (exact) mass is 269 g/mol. The normalized spacial score (nSPS) is 14.3. The molecule has 2 heterocycles. The van der Waals surface area contributed by atoms with E-state index in [2.05, 4.69) is 28.3 Å². The van der Waals surface area contributed by atoms with Gasteiger partial charge < -0.3 is 10.1 Å². The number of hydrogen-bond acceptors (Lipinski definition) is 4. The summed E-state index contributed by atoms with van der Waals surface area (Å²) < 4.78 is 5.91. The lowest BCUT2D eigenvalue weighted by atomic mass is 10.1. The van der Waals surface area contributed by atoms with Gasteiger partial charge in [-0.2, -0.15) is 0 Å². The van der Waals surface area contributed by atoms with Gasteiger partial charge in [-0.25, -0.2) is 4.98 Å². The Morgan fingerprint density at radius 3 is 2.90 bits per heavy atom. The van der Waals surface area contributed by atoms with E-state index in [1.807, 2.05) is 19.1 Å². The first-order valence-electron chi connectivity index (χ1n) is 7.01. The minimum absolute atomic E-state index is 0.668. The summed E-state index contributed by atoms with van der Waals surface area (Å²) in [4.78, 5) is 8.61. The molecule has 4 nitrogen and oxygen atoms in total. The Hall–Kier alpha value is -1.94. The van der Waals surface area contributed by atoms with E-state index in [9.17, 15) is 0 Å². The third-order valence-corrected chi connectivity index (χ3v) is 3.43. The molecule has 0 atom stereocenters. The minimum atomic E-state index is 0.668. The molecule has 104 valence electrons. The second kappa shape index (κ2) is 5.59. The third-order valence-electron chi connectivity index (χ3n) is 3.43. The molecule has 2 aromatic heterocycles. The van der Waals surface area contributed by atoms with Crippen LogP contribution in [0.2, 0.25) is 0 Å². The SMILES string of the molecule is Cc1cc(C)c(CNC2CC2)c(Oc2cccnc2)n1. The quantitative estimate of drug-likeness (QED) is 0.906. The molecule has 2 aromatic rings. The van der Waals surface area contributed by atoms with Crippen molar-refractivity contribution in [1.29, 1.82) is 0 Å². The van der Waals surface area contributed by atoms with Gasteiger partial charge in [-0.15, -0.1) is 0 Å². The molecular weight excluding hydrogens is 250 g/mol. The summed E-state index contributed by atoms with van der Waals surface area (Å²) in [7, 11) is 0. The van der Waals surface area contributed by atoms with Gasteiger partial charge in [0.15, 0.2) is 0 Å². The van der Waals surface area contributed by atoms with E-state index >= 15 is 0 Å². The lowest BCUT2D eigenvalue weighted by Gasteiger charge is -2.14. The van der Waals surface area contributed by atoms with Gasteiger partial charge in [0.2, 0.25) is 5.88 Å². The molecule has 0 unspecified atom stereocenters. The Morgan fingerprint density at radius 2 is 2.20 bits per heavy atom. The van der Waals surface area contributed by atoms with Crippen LogP contribution < -0.4 is 10.1 Å². The molecule has 1 aliphatic carbocycles. The molecule has 0 spiro atoms. The molecule has 1 saturated carbocycles. The van der Waals surface area contributed by atoms with Crippen molar-refractivity contribution in [3.63, 3.8) is 0 Å². The summed E-state index contributed by atoms with van der Waals surface area (Å²) in [5, 5.41) is 3.52. The maximum absolute atomic E-state index is 5.91. The zero-order valence-corrected chi connectivity index (χ0v) is 11.9. The molecule has 0 saturated heterocycles. The topological polar surface area (TPSA) is 47.0 Å². The number of pyridine rings is 2. The number of aromatic nitrogens is 2. The molecule has 0 radical (unpaired) electrons. The standard InChI is InChI=1S/C16H19N3O/c1-11-8-12(2)19-16(15(11)10-18-13-5-6-13)20-14-4-3-7-17-9-14/h3-4,7-9,13,18H,5-6,10H2,1-2H3. The molecule has 1 N–H and O–H groups in total. The van der Waals surface area contributed by atoms with Crippen molar-refractivity contribution in [3.05, 3.63) is 47.4 Å². The summed E-state index contributed by atoms with van der Waals surface area (Å²) in [6.45, 7) is 4.90. The smallest absolute Gasteiger partial charge is 0.224 e. The Labute approximate surface area is 119 Å². The van der Waals surface area contributed by atoms with Crippen LogP contribution in [0.1, 0.15) is 29.7 Å². The summed E-state index contributed by atoms with van der Waals surface area (Å²) in [6.07, 6.45) is 5.99. The van der Waals surface area contributed by atoms with Crippen LogP contribution in [-0.4, -0.2) is 16.0 Å². The molecule has 3 rings (SSSR count). The maximum Gasteiger partial charge on any atom is 0.224 e. The average Bonchev–Trinajstić information content (AvgIpc) is 3.23. The van der Waals surface area contributed by atoms with Crippen molar-refractivity contribution in [3.8, 4) is 11.6 Å². The van der Waals surface area contributed by atoms with E-state index in [0.717, 1.165) is 23.6 Å². The second-order valence-electron chi connectivity index (χ2n) is 5.31. The fourth-order valence-corrected chi connectivity index (χ4v) is 2.18. The van der Waals surface area contributed by atoms with E-state index in [-0.39, 0.29) is 0 Å². The number of ether oxygens (including phenoxy) is 1. The summed E-state index contributed by atoms with van der Waals surface area (Å²) in [5.41, 5.74) is 3.31. The van der Waals surface area contributed by atoms with Crippen LogP contribution in [-0.2, 0) is 6.54 Å². The highest BCUT2D eigenvalue weighted by Gasteiger charge is 2.21. The lowest BCUT2D eigenvalue weighted by Crippen LogP contribution is -2.17. The second-order valence-corrected chi connectivity index (χ2v) is 5.31. The molecule has 0 amide bonds. The van der Waals surface area contributed by atoms with E-state index in [1.54, 1.807) is 12.4 Å². The van der Waals surface area contributed by atoms with Gasteiger partial charge >= 0.3 is 0 Å². The van der Waals surface area contributed by atoms with Gasteiger partial charge in [-0.05, 0) is 50.5 Å². The number of nitrogens with one attached hydrogen (secondary N) is 1. The van der Waals surface area contributed by atoms with Crippen LogP contribution >= 0.6 is 0 Å². The predicted molar refractivity (Wildman–Crippen MR) is 77.9 cm³/mol. The largest absolute Gasteiger partial charge is 0.437 e. The van der Waals surface area contributed by atoms with Gasteiger partial charge in [0.1, 0.15) is 5.75 Å². The first-order chi connectivity index (χ1) is 9.72. The maximum atomic E-state index is 5.91. The molecule has 20 heavy (non-hydrogen) atoms. The van der Waals surface area contributed by atoms with Crippen LogP contribution in [0.5, 0.6) is 11.6 Å². The Balaban J connectivity index is 1.86. The minimum Gasteiger partial charge on any atom is -0.437 e. The van der Waals surface area contributed by atoms with Gasteiger partial charge in [-0.3, -0.25) is 4.98 Å². The van der Waals surface area contributed by atoms with Crippen molar-refractivity contribution >= 4 is 0 Å². The van der Waals surface area contributed by atoms with Gasteiger partial charge in [0.05, 0.1) is 6.20 Å². The first kappa shape index (κ1) is 13.1. The number of hydrogen-bond donors (Lipinski definition) is 1. The van der Waals surface area contributed by atoms with Crippen molar-refractivity contribution in [2.45, 2.75) is 39.3 Å². The van der Waals surface area contributed by atoms with E-state index in [4.69, 9.17) is 4.74 Å². The molecule has 0 aromatic carbocycles. The van der Waals surface area contributed by atoms with Crippen LogP contribution in [0.4, 0.5) is 0 Å². The Morgan fingerprint density at radius 1 is 1.35 bits per heavy atom. The summed E-state index contributed by atoms with van der Waals surface area (Å²) in [6, 6.07) is 6.52. The number of aryl methyl sites for hydroxylation is 2. The zero-order chi connectivity index (χ0) is 13.9. The van der Waals surface area contributed by atoms with Crippen LogP contribution in [0, 0.1) is 13.8 Å². The summed E-state index contributed by atoms with van der Waals surface area (Å²) >= 11 is 0. The van der Waals surface area contributed by atoms with Crippen molar-refractivity contribution in [1.82, 2.24) is 15.3 Å². The highest BCUT2D eigenvalue weighted by molar-refractivity contribution is 5.38. The molecule has 1 fully saturated rings. The van der Waals surface area contributed by atoms with Crippen LogP contribution in [0.25, 0.3) is 0 Å². The molecular formula is C16H19N3O. The molecule has 0 aliphatic heterocycles. The average molecular weight is 269 g/mol. The number of nitrogens with zero attached hydrogens (tertiary/aromatic N) is 2. The molecule has 0 bridgehead atoms. The fraction of sp³-hybridized carbons (Fsp3) is 0.375. The number of rotatable bonds is 5. The van der Waals surface area contributed by atoms with E-state index < -0.39 is 0 Å². The Bertz CT molecular complexity index is 594. The van der Waals surface area contributed by atoms with Gasteiger partial charge in [0, 0.05) is 30.0 Å². The van der Waals surface area contributed by atoms with Crippen LogP contribution in [0.15, 0.2) is 30.6 Å². The van der Waals surface area contributed by atoms with Crippen molar-refractivity contribution in [2.24, 2.45) is 0 Å². The molecule has 4 heteroatoms. The van der Waals surface area contributed by atoms with Crippen molar-refractivity contribution in [2.75, 3.05) is 0 Å². The summed E-state index contributed by atoms with van der Waals surface area (Å²) in [5.74, 6) is 1.40. The third kappa shape index (κ3) is 3.14. The Kier molecular flexibility index (Phi) is 3.65. The zero-order valence-electron chi connectivity index (χ0n) is 11.9. The van der Waals surface area contributed by atoms with Gasteiger partial charge in [-0.1, -0.05) is 0 Å². The highest BCUT2D eigenvalue weighted by Crippen LogP contribution is 2.27. The molecule has 1 aliphatic rings. The predicted octanol–water partition coefficient (Wildman–Crippen LogP) is 3.14. The fourth-order valence-electron chi connectivity index (χ4n) is 2.18. The van der Waals surface area contributed by atoms with Gasteiger partial charge in [0.25, 0.3) is 0 Å². The highest BCUT2D eigenvalue weighted by atomic mass is 16.5. The van der Waals surface area contributed by atoms with Crippen molar-refractivity contribution < 1.29 is 4.74 Å². The lowest BCUT2D eigenvalue weighted by molar-refractivity contribution is 0.448.